The van der Waals surface area contributed by atoms with Gasteiger partial charge in [-0.25, -0.2) is 9.59 Å². The number of esters is 1. The number of ether oxygens (including phenoxy) is 4. The van der Waals surface area contributed by atoms with Crippen LogP contribution in [0, 0.1) is 0 Å². The van der Waals surface area contributed by atoms with E-state index in [0.29, 0.717) is 18.6 Å². The molecule has 1 saturated heterocycles. The molecule has 9 nitrogen and oxygen atoms in total. The molecule has 53 heavy (non-hydrogen) atoms. The lowest BCUT2D eigenvalue weighted by molar-refractivity contribution is -0.245. The average molecular weight is 733 g/mol. The minimum Gasteiger partial charge on any atom is -0.496 e. The van der Waals surface area contributed by atoms with Gasteiger partial charge in [-0.05, 0) is 57.6 Å². The summed E-state index contributed by atoms with van der Waals surface area (Å²) in [6.45, 7) is 0.243. The summed E-state index contributed by atoms with van der Waals surface area (Å²) in [7, 11) is 2.99. The van der Waals surface area contributed by atoms with Gasteiger partial charge in [-0.3, -0.25) is 0 Å². The van der Waals surface area contributed by atoms with Crippen LogP contribution in [0.1, 0.15) is 46.6 Å². The fourth-order valence-electron chi connectivity index (χ4n) is 6.25. The first kappa shape index (κ1) is 37.6. The molecule has 10 heteroatoms. The van der Waals surface area contributed by atoms with Crippen LogP contribution >= 0.6 is 11.8 Å². The molecule has 4 unspecified atom stereocenters. The number of hydrogen-bond donors (Lipinski definition) is 3. The van der Waals surface area contributed by atoms with Crippen molar-refractivity contribution in [3.8, 4) is 16.9 Å². The zero-order chi connectivity index (χ0) is 37.0. The summed E-state index contributed by atoms with van der Waals surface area (Å²) >= 11 is 1.70. The van der Waals surface area contributed by atoms with Crippen LogP contribution in [0.2, 0.25) is 0 Å². The van der Waals surface area contributed by atoms with Crippen molar-refractivity contribution >= 4 is 23.8 Å². The van der Waals surface area contributed by atoms with E-state index in [4.69, 9.17) is 18.9 Å². The van der Waals surface area contributed by atoms with E-state index in [2.05, 4.69) is 22.8 Å². The number of benzene rings is 5. The highest BCUT2D eigenvalue weighted by Gasteiger charge is 2.32. The molecule has 4 atom stereocenters. The number of rotatable bonds is 14. The Morgan fingerprint density at radius 1 is 0.792 bits per heavy atom. The lowest BCUT2D eigenvalue weighted by Crippen LogP contribution is -2.47. The van der Waals surface area contributed by atoms with E-state index in [9.17, 15) is 14.7 Å². The summed E-state index contributed by atoms with van der Waals surface area (Å²) < 4.78 is 23.8. The highest BCUT2D eigenvalue weighted by atomic mass is 32.2. The lowest BCUT2D eigenvalue weighted by Gasteiger charge is -2.36. The summed E-state index contributed by atoms with van der Waals surface area (Å²) in [5.74, 6) is 1.03. The van der Waals surface area contributed by atoms with Crippen LogP contribution in [-0.4, -0.2) is 49.2 Å². The molecule has 1 aliphatic heterocycles. The number of amides is 2. The number of para-hydroxylation sites is 1. The average Bonchev–Trinajstić information content (AvgIpc) is 3.22. The van der Waals surface area contributed by atoms with E-state index in [1.165, 1.54) is 7.11 Å². The number of hydrogen-bond acceptors (Lipinski definition) is 8. The number of methoxy groups -OCH3 is 2. The fraction of sp³-hybridized carbons (Fsp3) is 0.256. The Balaban J connectivity index is 1.15. The standard InChI is InChI=1S/C43H44N2O7S/c1-49-38-16-6-7-17-40(38)53-28-36-25-39(32-20-18-30(27-46)19-21-32)52-42(51-36)35-15-9-14-34(24-35)33-13-8-12-31(22-33)26-44-43(48)45-37(41(47)50-2)23-29-10-4-3-5-11-29/h3-22,24,36-37,39,42,46H,23,25-28H2,1-2H3,(H2,44,45,48). The third-order valence-corrected chi connectivity index (χ3v) is 10.2. The van der Waals surface area contributed by atoms with Crippen LogP contribution in [0.5, 0.6) is 5.75 Å². The highest BCUT2D eigenvalue weighted by Crippen LogP contribution is 2.41. The molecule has 0 spiro atoms. The van der Waals surface area contributed by atoms with Gasteiger partial charge < -0.3 is 34.7 Å². The van der Waals surface area contributed by atoms with Crippen molar-refractivity contribution in [2.45, 2.75) is 55.4 Å². The molecule has 1 heterocycles. The molecule has 0 bridgehead atoms. The van der Waals surface area contributed by atoms with Crippen LogP contribution in [0.3, 0.4) is 0 Å². The molecule has 3 N–H and O–H groups in total. The Bertz CT molecular complexity index is 1960. The molecular formula is C43H44N2O7S. The van der Waals surface area contributed by atoms with E-state index in [-0.39, 0.29) is 25.4 Å². The summed E-state index contributed by atoms with van der Waals surface area (Å²) in [5, 5.41) is 15.2. The largest absolute Gasteiger partial charge is 0.496 e. The molecule has 1 fully saturated rings. The van der Waals surface area contributed by atoms with Crippen LogP contribution in [-0.2, 0) is 38.6 Å². The van der Waals surface area contributed by atoms with E-state index in [1.54, 1.807) is 18.9 Å². The minimum absolute atomic E-state index is 0.0163. The second-order valence-electron chi connectivity index (χ2n) is 12.7. The van der Waals surface area contributed by atoms with E-state index < -0.39 is 24.3 Å². The van der Waals surface area contributed by atoms with Gasteiger partial charge in [-0.1, -0.05) is 103 Å². The second kappa shape index (κ2) is 18.6. The van der Waals surface area contributed by atoms with Gasteiger partial charge in [-0.15, -0.1) is 11.8 Å². The van der Waals surface area contributed by atoms with Crippen LogP contribution in [0.15, 0.2) is 132 Å². The topological polar surface area (TPSA) is 115 Å². The van der Waals surface area contributed by atoms with Crippen LogP contribution in [0.25, 0.3) is 11.1 Å². The Kier molecular flexibility index (Phi) is 13.2. The van der Waals surface area contributed by atoms with Crippen molar-refractivity contribution in [3.63, 3.8) is 0 Å². The van der Waals surface area contributed by atoms with Crippen molar-refractivity contribution in [2.24, 2.45) is 0 Å². The molecule has 0 aliphatic carbocycles. The number of carbonyl (C=O) groups excluding carboxylic acids is 2. The Labute approximate surface area is 314 Å². The number of urea groups is 1. The van der Waals surface area contributed by atoms with Gasteiger partial charge >= 0.3 is 12.0 Å². The molecule has 2 amide bonds. The first-order chi connectivity index (χ1) is 25.9. The zero-order valence-corrected chi connectivity index (χ0v) is 30.6. The smallest absolute Gasteiger partial charge is 0.328 e. The molecule has 0 radical (unpaired) electrons. The molecule has 5 aromatic rings. The lowest BCUT2D eigenvalue weighted by atomic mass is 9.99. The Morgan fingerprint density at radius 3 is 2.26 bits per heavy atom. The number of thioether (sulfide) groups is 1. The number of aliphatic hydroxyl groups is 1. The fourth-order valence-corrected chi connectivity index (χ4v) is 7.29. The SMILES string of the molecule is COC(=O)C(Cc1ccccc1)NC(=O)NCc1cccc(-c2cccc(C3OC(CSc4ccccc4OC)CC(c4ccc(CO)cc4)O3)c2)c1. The predicted molar refractivity (Wildman–Crippen MR) is 205 cm³/mol. The van der Waals surface area contributed by atoms with Crippen molar-refractivity contribution in [1.29, 1.82) is 0 Å². The van der Waals surface area contributed by atoms with E-state index >= 15 is 0 Å². The summed E-state index contributed by atoms with van der Waals surface area (Å²) in [6.07, 6.45) is 0.0645. The minimum atomic E-state index is -0.820. The maximum atomic E-state index is 12.9. The van der Waals surface area contributed by atoms with Gasteiger partial charge in [0.2, 0.25) is 0 Å². The molecule has 0 saturated carbocycles. The Hall–Kier alpha value is -5.13. The van der Waals surface area contributed by atoms with Gasteiger partial charge in [-0.2, -0.15) is 0 Å². The monoisotopic (exact) mass is 732 g/mol. The van der Waals surface area contributed by atoms with Crippen molar-refractivity contribution in [3.05, 3.63) is 155 Å². The second-order valence-corrected chi connectivity index (χ2v) is 13.8. The maximum Gasteiger partial charge on any atom is 0.328 e. The summed E-state index contributed by atoms with van der Waals surface area (Å²) in [5.41, 5.74) is 6.52. The van der Waals surface area contributed by atoms with Gasteiger partial charge in [0.25, 0.3) is 0 Å². The molecule has 0 aromatic heterocycles. The number of nitrogens with one attached hydrogen (secondary N) is 2. The third-order valence-electron chi connectivity index (χ3n) is 9.05. The van der Waals surface area contributed by atoms with Gasteiger partial charge in [0.15, 0.2) is 6.29 Å². The number of carbonyl (C=O) groups is 2. The number of aliphatic hydroxyl groups excluding tert-OH is 1. The quantitative estimate of drug-likeness (QED) is 0.0784. The zero-order valence-electron chi connectivity index (χ0n) is 29.8. The van der Waals surface area contributed by atoms with Crippen molar-refractivity contribution in [2.75, 3.05) is 20.0 Å². The molecule has 1 aliphatic rings. The Morgan fingerprint density at radius 2 is 1.51 bits per heavy atom. The first-order valence-corrected chi connectivity index (χ1v) is 18.5. The molecule has 5 aromatic carbocycles. The third kappa shape index (κ3) is 10.3. The van der Waals surface area contributed by atoms with Crippen molar-refractivity contribution < 1.29 is 33.6 Å². The molecule has 274 valence electrons. The van der Waals surface area contributed by atoms with Crippen molar-refractivity contribution in [1.82, 2.24) is 10.6 Å². The van der Waals surface area contributed by atoms with Crippen LogP contribution in [0.4, 0.5) is 4.79 Å². The normalized spacial score (nSPS) is 17.4. The van der Waals surface area contributed by atoms with Gasteiger partial charge in [0.1, 0.15) is 11.8 Å². The van der Waals surface area contributed by atoms with Crippen LogP contribution < -0.4 is 15.4 Å². The molecular weight excluding hydrogens is 689 g/mol. The molecule has 6 rings (SSSR count). The summed E-state index contributed by atoms with van der Waals surface area (Å²) in [4.78, 5) is 26.4. The summed E-state index contributed by atoms with van der Waals surface area (Å²) in [6, 6.07) is 40.1. The van der Waals surface area contributed by atoms with Gasteiger partial charge in [0.05, 0.1) is 33.0 Å². The highest BCUT2D eigenvalue weighted by molar-refractivity contribution is 7.99. The first-order valence-electron chi connectivity index (χ1n) is 17.5. The van der Waals surface area contributed by atoms with E-state index in [0.717, 1.165) is 49.6 Å². The maximum absolute atomic E-state index is 12.9. The van der Waals surface area contributed by atoms with E-state index in [1.807, 2.05) is 115 Å². The predicted octanol–water partition coefficient (Wildman–Crippen LogP) is 7.78. The van der Waals surface area contributed by atoms with Gasteiger partial charge in [0, 0.05) is 35.6 Å².